The Labute approximate surface area is 110 Å². The van der Waals surface area contributed by atoms with E-state index in [9.17, 15) is 5.11 Å². The molecule has 0 aliphatic heterocycles. The molecule has 0 amide bonds. The molecule has 5 heteroatoms. The van der Waals surface area contributed by atoms with E-state index >= 15 is 0 Å². The quantitative estimate of drug-likeness (QED) is 0.839. The Kier molecular flexibility index (Phi) is 4.27. The first-order chi connectivity index (χ1) is 8.17. The largest absolute Gasteiger partial charge is 0.394 e. The Hall–Kier alpha value is -1.23. The van der Waals surface area contributed by atoms with E-state index in [4.69, 9.17) is 5.73 Å². The third kappa shape index (κ3) is 3.16. The van der Waals surface area contributed by atoms with E-state index in [1.54, 1.807) is 18.5 Å². The predicted octanol–water partition coefficient (Wildman–Crippen LogP) is 1.72. The maximum absolute atomic E-state index is 9.97. The molecule has 0 spiro atoms. The summed E-state index contributed by atoms with van der Waals surface area (Å²) in [6.45, 7) is 11.1. The highest BCUT2D eigenvalue weighted by molar-refractivity contribution is 5.67. The van der Waals surface area contributed by atoms with E-state index in [0.29, 0.717) is 12.5 Å². The van der Waals surface area contributed by atoms with Gasteiger partial charge in [0.05, 0.1) is 17.0 Å². The molecule has 0 atom stereocenters. The smallest absolute Gasteiger partial charge is 0.150 e. The summed E-state index contributed by atoms with van der Waals surface area (Å²) in [4.78, 5) is 2.06. The van der Waals surface area contributed by atoms with Crippen molar-refractivity contribution in [1.82, 2.24) is 9.78 Å². The Morgan fingerprint density at radius 3 is 2.33 bits per heavy atom. The highest BCUT2D eigenvalue weighted by Gasteiger charge is 2.24. The fourth-order valence-corrected chi connectivity index (χ4v) is 2.16. The average molecular weight is 254 g/mol. The molecule has 0 saturated heterocycles. The fourth-order valence-electron chi connectivity index (χ4n) is 2.16. The second kappa shape index (κ2) is 5.18. The van der Waals surface area contributed by atoms with Gasteiger partial charge in [-0.05, 0) is 26.7 Å². The summed E-state index contributed by atoms with van der Waals surface area (Å²) < 4.78 is 1.81. The maximum Gasteiger partial charge on any atom is 0.150 e. The highest BCUT2D eigenvalue weighted by Crippen LogP contribution is 2.31. The molecule has 0 unspecified atom stereocenters. The Bertz CT molecular complexity index is 404. The van der Waals surface area contributed by atoms with Gasteiger partial charge in [-0.1, -0.05) is 13.8 Å². The first-order valence-electron chi connectivity index (χ1n) is 6.47. The molecule has 1 rings (SSSR count). The summed E-state index contributed by atoms with van der Waals surface area (Å²) in [5, 5.41) is 14.4. The molecular weight excluding hydrogens is 228 g/mol. The molecule has 1 heterocycles. The topological polar surface area (TPSA) is 67.3 Å². The minimum Gasteiger partial charge on any atom is -0.394 e. The van der Waals surface area contributed by atoms with Crippen LogP contribution in [0.1, 0.15) is 46.2 Å². The number of hydrogen-bond donors (Lipinski definition) is 2. The summed E-state index contributed by atoms with van der Waals surface area (Å²) in [7, 11) is 1.89. The molecule has 18 heavy (non-hydrogen) atoms. The van der Waals surface area contributed by atoms with Crippen LogP contribution in [0.4, 0.5) is 11.5 Å². The van der Waals surface area contributed by atoms with E-state index in [1.807, 2.05) is 14.0 Å². The molecule has 0 radical (unpaired) electrons. The number of aryl methyl sites for hydroxylation is 1. The van der Waals surface area contributed by atoms with Crippen LogP contribution in [0.3, 0.4) is 0 Å². The number of nitrogens with zero attached hydrogens (tertiary/aromatic N) is 3. The monoisotopic (exact) mass is 254 g/mol. The molecule has 1 aromatic rings. The van der Waals surface area contributed by atoms with Crippen molar-refractivity contribution >= 4 is 11.5 Å². The van der Waals surface area contributed by atoms with Crippen LogP contribution in [0.2, 0.25) is 0 Å². The number of aromatic nitrogens is 2. The Morgan fingerprint density at radius 2 is 2.00 bits per heavy atom. The van der Waals surface area contributed by atoms with Crippen molar-refractivity contribution in [3.05, 3.63) is 5.69 Å². The molecule has 0 saturated carbocycles. The molecule has 1 aromatic heterocycles. The van der Waals surface area contributed by atoms with Gasteiger partial charge in [0, 0.05) is 20.1 Å². The van der Waals surface area contributed by atoms with Gasteiger partial charge in [-0.25, -0.2) is 0 Å². The average Bonchev–Trinajstić information content (AvgIpc) is 2.50. The third-order valence-electron chi connectivity index (χ3n) is 2.89. The lowest BCUT2D eigenvalue weighted by molar-refractivity contribution is 0.0873. The molecule has 0 aliphatic carbocycles. The molecule has 0 aromatic carbocycles. The highest BCUT2D eigenvalue weighted by atomic mass is 16.3. The van der Waals surface area contributed by atoms with Crippen molar-refractivity contribution in [2.75, 3.05) is 23.7 Å². The Morgan fingerprint density at radius 1 is 1.44 bits per heavy atom. The van der Waals surface area contributed by atoms with Crippen molar-refractivity contribution in [1.29, 1.82) is 0 Å². The van der Waals surface area contributed by atoms with Crippen molar-refractivity contribution in [3.8, 4) is 0 Å². The minimum absolute atomic E-state index is 0.297. The number of aliphatic hydroxyl groups is 1. The molecule has 3 N–H and O–H groups in total. The summed E-state index contributed by atoms with van der Waals surface area (Å²) in [6.07, 6.45) is 0. The van der Waals surface area contributed by atoms with Crippen LogP contribution in [-0.2, 0) is 7.05 Å². The van der Waals surface area contributed by atoms with Gasteiger partial charge < -0.3 is 15.7 Å². The normalized spacial score (nSPS) is 12.2. The van der Waals surface area contributed by atoms with E-state index in [0.717, 1.165) is 23.7 Å². The zero-order chi connectivity index (χ0) is 14.1. The molecule has 104 valence electrons. The van der Waals surface area contributed by atoms with E-state index < -0.39 is 5.60 Å². The van der Waals surface area contributed by atoms with Crippen LogP contribution in [0.15, 0.2) is 0 Å². The fraction of sp³-hybridized carbons (Fsp3) is 0.769. The van der Waals surface area contributed by atoms with Crippen LogP contribution in [0, 0.1) is 0 Å². The predicted molar refractivity (Wildman–Crippen MR) is 75.9 cm³/mol. The first-order valence-corrected chi connectivity index (χ1v) is 6.47. The molecule has 0 fully saturated rings. The second-order valence-electron chi connectivity index (χ2n) is 5.73. The first kappa shape index (κ1) is 14.8. The molecular formula is C13H26N4O. The van der Waals surface area contributed by atoms with Crippen LogP contribution in [0.5, 0.6) is 0 Å². The van der Waals surface area contributed by atoms with Gasteiger partial charge in [-0.3, -0.25) is 4.68 Å². The zero-order valence-corrected chi connectivity index (χ0v) is 12.4. The van der Waals surface area contributed by atoms with Crippen molar-refractivity contribution in [2.45, 2.75) is 46.1 Å². The van der Waals surface area contributed by atoms with Gasteiger partial charge in [-0.2, -0.15) is 5.10 Å². The third-order valence-corrected chi connectivity index (χ3v) is 2.89. The van der Waals surface area contributed by atoms with Gasteiger partial charge in [0.2, 0.25) is 0 Å². The van der Waals surface area contributed by atoms with E-state index in [1.165, 1.54) is 0 Å². The van der Waals surface area contributed by atoms with Gasteiger partial charge in [0.1, 0.15) is 0 Å². The van der Waals surface area contributed by atoms with Gasteiger partial charge >= 0.3 is 0 Å². The SMILES string of the molecule is CCN(CC(C)(C)O)c1c(N)c(C(C)C)nn1C. The summed E-state index contributed by atoms with van der Waals surface area (Å²) in [5.41, 5.74) is 7.07. The maximum atomic E-state index is 9.97. The van der Waals surface area contributed by atoms with Gasteiger partial charge in [-0.15, -0.1) is 0 Å². The lowest BCUT2D eigenvalue weighted by Crippen LogP contribution is -2.39. The number of hydrogen-bond acceptors (Lipinski definition) is 4. The van der Waals surface area contributed by atoms with E-state index in [-0.39, 0.29) is 0 Å². The lowest BCUT2D eigenvalue weighted by Gasteiger charge is -2.30. The molecule has 5 nitrogen and oxygen atoms in total. The Balaban J connectivity index is 3.14. The van der Waals surface area contributed by atoms with Crippen LogP contribution in [-0.4, -0.2) is 33.6 Å². The van der Waals surface area contributed by atoms with Crippen molar-refractivity contribution < 1.29 is 5.11 Å². The zero-order valence-electron chi connectivity index (χ0n) is 12.4. The van der Waals surface area contributed by atoms with Crippen LogP contribution < -0.4 is 10.6 Å². The van der Waals surface area contributed by atoms with Crippen LogP contribution in [0.25, 0.3) is 0 Å². The van der Waals surface area contributed by atoms with Gasteiger partial charge in [0.15, 0.2) is 5.82 Å². The number of nitrogens with two attached hydrogens (primary N) is 1. The van der Waals surface area contributed by atoms with Crippen molar-refractivity contribution in [2.24, 2.45) is 7.05 Å². The summed E-state index contributed by atoms with van der Waals surface area (Å²) in [5.74, 6) is 1.19. The van der Waals surface area contributed by atoms with Gasteiger partial charge in [0.25, 0.3) is 0 Å². The lowest BCUT2D eigenvalue weighted by atomic mass is 10.1. The second-order valence-corrected chi connectivity index (χ2v) is 5.73. The van der Waals surface area contributed by atoms with Crippen LogP contribution >= 0.6 is 0 Å². The number of likely N-dealkylation sites (N-methyl/N-ethyl adjacent to an activating group) is 1. The standard InChI is InChI=1S/C13H26N4O/c1-7-17(8-13(4,5)18)12-10(14)11(9(2)3)15-16(12)6/h9,18H,7-8,14H2,1-6H3. The minimum atomic E-state index is -0.759. The molecule has 0 aliphatic rings. The summed E-state index contributed by atoms with van der Waals surface area (Å²) in [6, 6.07) is 0. The van der Waals surface area contributed by atoms with E-state index in [2.05, 4.69) is 23.8 Å². The summed E-state index contributed by atoms with van der Waals surface area (Å²) >= 11 is 0. The van der Waals surface area contributed by atoms with Crippen molar-refractivity contribution in [3.63, 3.8) is 0 Å². The molecule has 0 bridgehead atoms. The number of rotatable bonds is 5. The number of nitrogen functional groups attached to an aromatic ring is 1. The number of anilines is 2.